The predicted molar refractivity (Wildman–Crippen MR) is 136 cm³/mol. The highest BCUT2D eigenvalue weighted by atomic mass is 16.5. The van der Waals surface area contributed by atoms with Crippen molar-refractivity contribution in [1.29, 1.82) is 0 Å². The van der Waals surface area contributed by atoms with E-state index in [0.29, 0.717) is 29.1 Å². The summed E-state index contributed by atoms with van der Waals surface area (Å²) in [7, 11) is 1.51. The van der Waals surface area contributed by atoms with Crippen molar-refractivity contribution in [3.63, 3.8) is 0 Å². The number of nitrogens with one attached hydrogen (secondary N) is 3. The Hall–Kier alpha value is -3.46. The van der Waals surface area contributed by atoms with E-state index in [4.69, 9.17) is 9.47 Å². The van der Waals surface area contributed by atoms with E-state index >= 15 is 0 Å². The van der Waals surface area contributed by atoms with Crippen LogP contribution in [0.5, 0.6) is 5.75 Å². The molecule has 0 saturated heterocycles. The first-order chi connectivity index (χ1) is 17.5. The second-order valence-electron chi connectivity index (χ2n) is 9.92. The molecule has 2 fully saturated rings. The van der Waals surface area contributed by atoms with E-state index in [1.807, 2.05) is 19.1 Å². The molecule has 5 rings (SSSR count). The van der Waals surface area contributed by atoms with E-state index in [0.717, 1.165) is 48.3 Å². The number of nitrogens with zero attached hydrogens (tertiary/aromatic N) is 2. The van der Waals surface area contributed by atoms with Crippen LogP contribution in [-0.2, 0) is 9.53 Å². The molecule has 2 aliphatic rings. The zero-order valence-corrected chi connectivity index (χ0v) is 20.8. The van der Waals surface area contributed by atoms with Gasteiger partial charge in [-0.1, -0.05) is 11.6 Å². The molecule has 0 radical (unpaired) electrons. The minimum absolute atomic E-state index is 0.0542. The number of aromatic amines is 1. The van der Waals surface area contributed by atoms with E-state index in [2.05, 4.69) is 31.7 Å². The van der Waals surface area contributed by atoms with Crippen molar-refractivity contribution in [1.82, 2.24) is 25.6 Å². The van der Waals surface area contributed by atoms with Gasteiger partial charge in [0.15, 0.2) is 0 Å². The number of aromatic nitrogens is 3. The summed E-state index contributed by atoms with van der Waals surface area (Å²) in [5.41, 5.74) is 4.53. The summed E-state index contributed by atoms with van der Waals surface area (Å²) >= 11 is 0. The average molecular weight is 492 g/mol. The van der Waals surface area contributed by atoms with Crippen molar-refractivity contribution >= 4 is 22.8 Å². The molecule has 0 spiro atoms. The quantitative estimate of drug-likeness (QED) is 0.422. The van der Waals surface area contributed by atoms with Crippen LogP contribution in [0, 0.1) is 12.8 Å². The lowest BCUT2D eigenvalue weighted by Crippen LogP contribution is -2.44. The van der Waals surface area contributed by atoms with E-state index < -0.39 is 0 Å². The van der Waals surface area contributed by atoms with Gasteiger partial charge in [0, 0.05) is 31.0 Å². The average Bonchev–Trinajstić information content (AvgIpc) is 3.60. The van der Waals surface area contributed by atoms with Crippen LogP contribution in [0.3, 0.4) is 0 Å². The number of carbonyl (C=O) groups is 2. The normalized spacial score (nSPS) is 19.7. The number of carbonyl (C=O) groups excluding carboxylic acids is 2. The van der Waals surface area contributed by atoms with Crippen molar-refractivity contribution in [2.24, 2.45) is 5.92 Å². The summed E-state index contributed by atoms with van der Waals surface area (Å²) in [6, 6.07) is 6.27. The number of aryl methyl sites for hydroxylation is 1. The van der Waals surface area contributed by atoms with Gasteiger partial charge >= 0.3 is 0 Å². The molecule has 0 unspecified atom stereocenters. The van der Waals surface area contributed by atoms with Crippen LogP contribution in [0.2, 0.25) is 0 Å². The lowest BCUT2D eigenvalue weighted by Gasteiger charge is -2.29. The fourth-order valence-corrected chi connectivity index (χ4v) is 4.81. The largest absolute Gasteiger partial charge is 0.493 e. The predicted octanol–water partition coefficient (Wildman–Crippen LogP) is 3.53. The second kappa shape index (κ2) is 10.7. The Balaban J connectivity index is 1.30. The lowest BCUT2D eigenvalue weighted by atomic mass is 9.91. The van der Waals surface area contributed by atoms with E-state index in [-0.39, 0.29) is 30.5 Å². The summed E-state index contributed by atoms with van der Waals surface area (Å²) in [6.45, 7) is 2.82. The third kappa shape index (κ3) is 5.51. The van der Waals surface area contributed by atoms with Crippen LogP contribution >= 0.6 is 0 Å². The van der Waals surface area contributed by atoms with Crippen LogP contribution in [0.4, 0.5) is 0 Å². The van der Waals surface area contributed by atoms with Gasteiger partial charge in [-0.15, -0.1) is 0 Å². The molecular weight excluding hydrogens is 458 g/mol. The number of hydrogen-bond donors (Lipinski definition) is 3. The molecule has 36 heavy (non-hydrogen) atoms. The Morgan fingerprint density at radius 2 is 1.81 bits per heavy atom. The maximum absolute atomic E-state index is 13.2. The zero-order valence-electron chi connectivity index (χ0n) is 20.8. The van der Waals surface area contributed by atoms with Gasteiger partial charge in [-0.25, -0.2) is 9.97 Å². The molecule has 3 N–H and O–H groups in total. The number of amides is 2. The van der Waals surface area contributed by atoms with Crippen LogP contribution in [0.15, 0.2) is 30.7 Å². The van der Waals surface area contributed by atoms with Gasteiger partial charge in [-0.3, -0.25) is 9.59 Å². The topological polar surface area (TPSA) is 118 Å². The highest BCUT2D eigenvalue weighted by molar-refractivity contribution is 6.08. The number of rotatable bonds is 9. The molecule has 190 valence electrons. The first-order valence-corrected chi connectivity index (χ1v) is 12.7. The maximum Gasteiger partial charge on any atom is 0.255 e. The Bertz CT molecular complexity index is 1240. The molecule has 0 aliphatic heterocycles. The summed E-state index contributed by atoms with van der Waals surface area (Å²) in [4.78, 5) is 37.2. The van der Waals surface area contributed by atoms with Crippen molar-refractivity contribution < 1.29 is 19.1 Å². The smallest absolute Gasteiger partial charge is 0.255 e. The first kappa shape index (κ1) is 24.2. The molecule has 2 heterocycles. The second-order valence-corrected chi connectivity index (χ2v) is 9.92. The van der Waals surface area contributed by atoms with Crippen LogP contribution in [0.25, 0.3) is 22.3 Å². The number of fused-ring (bicyclic) bond motifs is 1. The Morgan fingerprint density at radius 3 is 2.53 bits per heavy atom. The number of methoxy groups -OCH3 is 1. The van der Waals surface area contributed by atoms with Crippen molar-refractivity contribution in [3.05, 3.63) is 41.9 Å². The Labute approximate surface area is 210 Å². The number of benzene rings is 1. The van der Waals surface area contributed by atoms with E-state index in [1.165, 1.54) is 26.3 Å². The summed E-state index contributed by atoms with van der Waals surface area (Å²) in [5, 5.41) is 6.14. The summed E-state index contributed by atoms with van der Waals surface area (Å²) in [6.07, 6.45) is 8.89. The third-order valence-electron chi connectivity index (χ3n) is 6.97. The van der Waals surface area contributed by atoms with Gasteiger partial charge in [-0.2, -0.15) is 0 Å². The van der Waals surface area contributed by atoms with Gasteiger partial charge < -0.3 is 25.1 Å². The zero-order chi connectivity index (χ0) is 25.1. The number of H-pyrrole nitrogens is 1. The van der Waals surface area contributed by atoms with Crippen LogP contribution in [-0.4, -0.2) is 59.2 Å². The first-order valence-electron chi connectivity index (χ1n) is 12.7. The van der Waals surface area contributed by atoms with Crippen molar-refractivity contribution in [3.8, 4) is 17.0 Å². The molecule has 2 saturated carbocycles. The minimum atomic E-state index is -0.160. The summed E-state index contributed by atoms with van der Waals surface area (Å²) in [5.74, 6) is 1.17. The highest BCUT2D eigenvalue weighted by Crippen LogP contribution is 2.36. The fourth-order valence-electron chi connectivity index (χ4n) is 4.81. The maximum atomic E-state index is 13.2. The van der Waals surface area contributed by atoms with Gasteiger partial charge in [0.05, 0.1) is 17.7 Å². The van der Waals surface area contributed by atoms with Crippen molar-refractivity contribution in [2.75, 3.05) is 20.3 Å². The standard InChI is InChI=1S/C27H33N5O4/c1-16-3-10-22(36-13-17-4-5-17)20(11-16)24-26-25(30-15-29-24)21(12-28-26)27(34)32-19-8-6-18(7-9-19)31-23(33)14-35-2/h3,10-12,15,17-19,28H,4-9,13-14H2,1-2H3,(H,31,33)(H,32,34). The lowest BCUT2D eigenvalue weighted by molar-refractivity contribution is -0.125. The Morgan fingerprint density at radius 1 is 1.06 bits per heavy atom. The molecule has 2 amide bonds. The van der Waals surface area contributed by atoms with Gasteiger partial charge in [0.1, 0.15) is 29.9 Å². The van der Waals surface area contributed by atoms with Gasteiger partial charge in [-0.05, 0) is 63.5 Å². The van der Waals surface area contributed by atoms with E-state index in [1.54, 1.807) is 6.20 Å². The summed E-state index contributed by atoms with van der Waals surface area (Å²) < 4.78 is 11.0. The number of ether oxygens (including phenoxy) is 2. The Kier molecular flexibility index (Phi) is 7.18. The van der Waals surface area contributed by atoms with Crippen molar-refractivity contribution in [2.45, 2.75) is 57.5 Å². The molecule has 2 aliphatic carbocycles. The number of hydrogen-bond acceptors (Lipinski definition) is 6. The fraction of sp³-hybridized carbons (Fsp3) is 0.481. The SMILES string of the molecule is COCC(=O)NC1CCC(NC(=O)c2c[nH]c3c(-c4cc(C)ccc4OCC4CC4)ncnc23)CC1. The molecule has 0 bridgehead atoms. The van der Waals surface area contributed by atoms with Gasteiger partial charge in [0.25, 0.3) is 5.91 Å². The van der Waals surface area contributed by atoms with Crippen LogP contribution in [0.1, 0.15) is 54.4 Å². The monoisotopic (exact) mass is 491 g/mol. The van der Waals surface area contributed by atoms with Gasteiger partial charge in [0.2, 0.25) is 5.91 Å². The molecule has 2 aromatic heterocycles. The molecular formula is C27H33N5O4. The molecule has 1 aromatic carbocycles. The molecule has 3 aromatic rings. The minimum Gasteiger partial charge on any atom is -0.493 e. The highest BCUT2D eigenvalue weighted by Gasteiger charge is 2.26. The third-order valence-corrected chi connectivity index (χ3v) is 6.97. The molecule has 9 nitrogen and oxygen atoms in total. The van der Waals surface area contributed by atoms with E-state index in [9.17, 15) is 9.59 Å². The molecule has 9 heteroatoms. The van der Waals surface area contributed by atoms with Crippen LogP contribution < -0.4 is 15.4 Å². The molecule has 0 atom stereocenters.